The van der Waals surface area contributed by atoms with E-state index in [1.54, 1.807) is 20.2 Å². The van der Waals surface area contributed by atoms with E-state index in [2.05, 4.69) is 21.0 Å². The number of hydrogen-bond donors (Lipinski definition) is 3. The van der Waals surface area contributed by atoms with Gasteiger partial charge in [0.25, 0.3) is 0 Å². The molecule has 0 spiro atoms. The number of nitrogens with zero attached hydrogens (tertiary/aromatic N) is 2. The molecular formula is C12H19N5O2. The highest BCUT2D eigenvalue weighted by Gasteiger charge is 2.23. The molecule has 19 heavy (non-hydrogen) atoms. The second-order valence-corrected chi connectivity index (χ2v) is 4.77. The molecule has 1 aromatic heterocycles. The molecular weight excluding hydrogens is 246 g/mol. The van der Waals surface area contributed by atoms with Crippen molar-refractivity contribution >= 4 is 17.5 Å². The molecule has 2 amide bonds. The molecule has 1 unspecified atom stereocenters. The molecule has 104 valence electrons. The van der Waals surface area contributed by atoms with Gasteiger partial charge < -0.3 is 16.0 Å². The quantitative estimate of drug-likeness (QED) is 0.659. The number of rotatable bonds is 6. The second kappa shape index (κ2) is 5.83. The number of likely N-dealkylation sites (N-methyl/N-ethyl adjacent to an activating group) is 1. The molecule has 3 N–H and O–H groups in total. The molecule has 1 aromatic rings. The third kappa shape index (κ3) is 4.06. The fourth-order valence-corrected chi connectivity index (χ4v) is 1.54. The highest BCUT2D eigenvalue weighted by molar-refractivity contribution is 5.94. The fraction of sp³-hybridized carbons (Fsp3) is 0.583. The SMILES string of the molecule is CNC(C)C(=O)Nc1cnn(CC(=O)NC2CC2)c1. The molecule has 0 aromatic carbocycles. The molecule has 1 fully saturated rings. The first-order valence-corrected chi connectivity index (χ1v) is 6.38. The van der Waals surface area contributed by atoms with Crippen molar-refractivity contribution in [1.29, 1.82) is 0 Å². The van der Waals surface area contributed by atoms with Crippen LogP contribution in [-0.2, 0) is 16.1 Å². The molecule has 1 aliphatic carbocycles. The van der Waals surface area contributed by atoms with Gasteiger partial charge in [0.2, 0.25) is 11.8 Å². The Morgan fingerprint density at radius 3 is 2.89 bits per heavy atom. The number of anilines is 1. The zero-order chi connectivity index (χ0) is 13.8. The maximum Gasteiger partial charge on any atom is 0.241 e. The van der Waals surface area contributed by atoms with Crippen LogP contribution in [0, 0.1) is 0 Å². The molecule has 1 heterocycles. The number of carbonyl (C=O) groups excluding carboxylic acids is 2. The van der Waals surface area contributed by atoms with Gasteiger partial charge in [-0.15, -0.1) is 0 Å². The number of nitrogens with one attached hydrogen (secondary N) is 3. The predicted molar refractivity (Wildman–Crippen MR) is 70.5 cm³/mol. The molecule has 7 nitrogen and oxygen atoms in total. The smallest absolute Gasteiger partial charge is 0.241 e. The minimum Gasteiger partial charge on any atom is -0.352 e. The van der Waals surface area contributed by atoms with Crippen molar-refractivity contribution < 1.29 is 9.59 Å². The summed E-state index contributed by atoms with van der Waals surface area (Å²) < 4.78 is 1.51. The number of carbonyl (C=O) groups is 2. The van der Waals surface area contributed by atoms with Gasteiger partial charge in [0.15, 0.2) is 0 Å². The van der Waals surface area contributed by atoms with Crippen molar-refractivity contribution in [3.63, 3.8) is 0 Å². The van der Waals surface area contributed by atoms with E-state index in [0.29, 0.717) is 11.7 Å². The van der Waals surface area contributed by atoms with E-state index in [1.165, 1.54) is 10.9 Å². The highest BCUT2D eigenvalue weighted by atomic mass is 16.2. The first kappa shape index (κ1) is 13.5. The fourth-order valence-electron chi connectivity index (χ4n) is 1.54. The van der Waals surface area contributed by atoms with Crippen LogP contribution in [0.5, 0.6) is 0 Å². The Morgan fingerprint density at radius 1 is 1.53 bits per heavy atom. The minimum absolute atomic E-state index is 0.0490. The largest absolute Gasteiger partial charge is 0.352 e. The van der Waals surface area contributed by atoms with Crippen molar-refractivity contribution in [3.05, 3.63) is 12.4 Å². The van der Waals surface area contributed by atoms with Crippen LogP contribution in [0.2, 0.25) is 0 Å². The molecule has 1 saturated carbocycles. The van der Waals surface area contributed by atoms with Crippen LogP contribution in [0.3, 0.4) is 0 Å². The standard InChI is InChI=1S/C12H19N5O2/c1-8(13-2)12(19)16-10-5-14-17(6-10)7-11(18)15-9-3-4-9/h5-6,8-9,13H,3-4,7H2,1-2H3,(H,15,18)(H,16,19). The van der Waals surface area contributed by atoms with Crippen molar-refractivity contribution in [3.8, 4) is 0 Å². The summed E-state index contributed by atoms with van der Waals surface area (Å²) >= 11 is 0. The summed E-state index contributed by atoms with van der Waals surface area (Å²) in [5.41, 5.74) is 0.589. The van der Waals surface area contributed by atoms with E-state index in [-0.39, 0.29) is 24.4 Å². The molecule has 1 aliphatic rings. The third-order valence-corrected chi connectivity index (χ3v) is 2.98. The van der Waals surface area contributed by atoms with Crippen molar-refractivity contribution in [2.75, 3.05) is 12.4 Å². The third-order valence-electron chi connectivity index (χ3n) is 2.98. The monoisotopic (exact) mass is 265 g/mol. The molecule has 0 aliphatic heterocycles. The van der Waals surface area contributed by atoms with Gasteiger partial charge in [0.1, 0.15) is 6.54 Å². The van der Waals surface area contributed by atoms with Gasteiger partial charge in [-0.05, 0) is 26.8 Å². The Hall–Kier alpha value is -1.89. The maximum atomic E-state index is 11.6. The van der Waals surface area contributed by atoms with Gasteiger partial charge in [0, 0.05) is 12.2 Å². The topological polar surface area (TPSA) is 88.1 Å². The second-order valence-electron chi connectivity index (χ2n) is 4.77. The summed E-state index contributed by atoms with van der Waals surface area (Å²) in [6.45, 7) is 1.94. The zero-order valence-corrected chi connectivity index (χ0v) is 11.1. The average Bonchev–Trinajstić information content (AvgIpc) is 3.08. The van der Waals surface area contributed by atoms with E-state index in [4.69, 9.17) is 0 Å². The summed E-state index contributed by atoms with van der Waals surface area (Å²) in [5, 5.41) is 12.5. The lowest BCUT2D eigenvalue weighted by atomic mass is 10.3. The molecule has 0 bridgehead atoms. The Bertz CT molecular complexity index is 466. The minimum atomic E-state index is -0.276. The molecule has 0 radical (unpaired) electrons. The zero-order valence-electron chi connectivity index (χ0n) is 11.1. The lowest BCUT2D eigenvalue weighted by Gasteiger charge is -2.08. The summed E-state index contributed by atoms with van der Waals surface area (Å²) in [4.78, 5) is 23.2. The van der Waals surface area contributed by atoms with E-state index in [9.17, 15) is 9.59 Å². The van der Waals surface area contributed by atoms with Crippen LogP contribution < -0.4 is 16.0 Å². The van der Waals surface area contributed by atoms with Crippen molar-refractivity contribution in [2.24, 2.45) is 0 Å². The molecule has 2 rings (SSSR count). The average molecular weight is 265 g/mol. The van der Waals surface area contributed by atoms with E-state index < -0.39 is 0 Å². The van der Waals surface area contributed by atoms with Crippen LogP contribution >= 0.6 is 0 Å². The van der Waals surface area contributed by atoms with Gasteiger partial charge in [-0.3, -0.25) is 14.3 Å². The number of amides is 2. The van der Waals surface area contributed by atoms with Crippen molar-refractivity contribution in [2.45, 2.75) is 38.4 Å². The maximum absolute atomic E-state index is 11.6. The first-order valence-electron chi connectivity index (χ1n) is 6.38. The summed E-state index contributed by atoms with van der Waals surface area (Å²) in [7, 11) is 1.72. The normalized spacial score (nSPS) is 15.9. The van der Waals surface area contributed by atoms with Gasteiger partial charge in [-0.2, -0.15) is 5.10 Å². The predicted octanol–water partition coefficient (Wildman–Crippen LogP) is -0.292. The Labute approximate surface area is 111 Å². The van der Waals surface area contributed by atoms with Gasteiger partial charge in [-0.1, -0.05) is 0 Å². The van der Waals surface area contributed by atoms with E-state index >= 15 is 0 Å². The van der Waals surface area contributed by atoms with Crippen LogP contribution in [-0.4, -0.2) is 40.7 Å². The van der Waals surface area contributed by atoms with E-state index in [0.717, 1.165) is 12.8 Å². The molecule has 1 atom stereocenters. The van der Waals surface area contributed by atoms with Gasteiger partial charge in [-0.25, -0.2) is 0 Å². The lowest BCUT2D eigenvalue weighted by Crippen LogP contribution is -2.35. The molecule has 0 saturated heterocycles. The van der Waals surface area contributed by atoms with Crippen LogP contribution in [0.4, 0.5) is 5.69 Å². The Morgan fingerprint density at radius 2 is 2.26 bits per heavy atom. The highest BCUT2D eigenvalue weighted by Crippen LogP contribution is 2.18. The van der Waals surface area contributed by atoms with Gasteiger partial charge in [0.05, 0.1) is 17.9 Å². The Balaban J connectivity index is 1.84. The summed E-state index contributed by atoms with van der Waals surface area (Å²) in [5.74, 6) is -0.184. The number of aromatic nitrogens is 2. The van der Waals surface area contributed by atoms with Gasteiger partial charge >= 0.3 is 0 Å². The Kier molecular flexibility index (Phi) is 4.16. The van der Waals surface area contributed by atoms with Crippen LogP contribution in [0.15, 0.2) is 12.4 Å². The summed E-state index contributed by atoms with van der Waals surface area (Å²) in [6.07, 6.45) is 5.31. The first-order chi connectivity index (χ1) is 9.08. The number of hydrogen-bond acceptors (Lipinski definition) is 4. The van der Waals surface area contributed by atoms with Crippen LogP contribution in [0.25, 0.3) is 0 Å². The van der Waals surface area contributed by atoms with Crippen LogP contribution in [0.1, 0.15) is 19.8 Å². The molecule has 7 heteroatoms. The lowest BCUT2D eigenvalue weighted by molar-refractivity contribution is -0.122. The van der Waals surface area contributed by atoms with Crippen molar-refractivity contribution in [1.82, 2.24) is 20.4 Å². The van der Waals surface area contributed by atoms with E-state index in [1.807, 2.05) is 0 Å². The summed E-state index contributed by atoms with van der Waals surface area (Å²) in [6, 6.07) is 0.0697.